The molecule has 1 atom stereocenters. The highest BCUT2D eigenvalue weighted by atomic mass is 35.5. The van der Waals surface area contributed by atoms with Crippen LogP contribution in [-0.4, -0.2) is 60.2 Å². The predicted octanol–water partition coefficient (Wildman–Crippen LogP) is 4.54. The third-order valence-corrected chi connectivity index (χ3v) is 4.95. The molecule has 1 fully saturated rings. The van der Waals surface area contributed by atoms with Crippen molar-refractivity contribution in [3.05, 3.63) is 33.8 Å². The van der Waals surface area contributed by atoms with E-state index in [1.807, 2.05) is 27.8 Å². The second-order valence-electron chi connectivity index (χ2n) is 7.93. The normalized spacial score (nSPS) is 15.9. The summed E-state index contributed by atoms with van der Waals surface area (Å²) in [7, 11) is 1.93. The molecule has 0 bridgehead atoms. The van der Waals surface area contributed by atoms with Gasteiger partial charge in [-0.2, -0.15) is 0 Å². The number of carbonyl (C=O) groups is 2. The average Bonchev–Trinajstić information content (AvgIpc) is 2.48. The van der Waals surface area contributed by atoms with Crippen molar-refractivity contribution < 1.29 is 19.1 Å². The van der Waals surface area contributed by atoms with Crippen molar-refractivity contribution in [1.29, 1.82) is 0 Å². The van der Waals surface area contributed by atoms with Crippen molar-refractivity contribution in [2.75, 3.05) is 26.7 Å². The van der Waals surface area contributed by atoms with Crippen molar-refractivity contribution in [2.45, 2.75) is 51.8 Å². The van der Waals surface area contributed by atoms with Crippen LogP contribution in [0.3, 0.4) is 0 Å². The Morgan fingerprint density at radius 3 is 2.29 bits per heavy atom. The van der Waals surface area contributed by atoms with Crippen LogP contribution in [-0.2, 0) is 14.3 Å². The molecule has 28 heavy (non-hydrogen) atoms. The van der Waals surface area contributed by atoms with Gasteiger partial charge in [-0.05, 0) is 58.5 Å². The van der Waals surface area contributed by atoms with Gasteiger partial charge in [0.1, 0.15) is 5.60 Å². The van der Waals surface area contributed by atoms with Crippen LogP contribution in [0.25, 0.3) is 0 Å². The molecule has 1 aromatic carbocycles. The van der Waals surface area contributed by atoms with E-state index in [1.165, 1.54) is 0 Å². The minimum absolute atomic E-state index is 0.0877. The number of likely N-dealkylation sites (tertiary alicyclic amines) is 1. The molecule has 156 valence electrons. The van der Waals surface area contributed by atoms with Crippen LogP contribution in [0.4, 0.5) is 4.79 Å². The molecule has 1 aliphatic rings. The Hall–Kier alpha value is -1.50. The van der Waals surface area contributed by atoms with E-state index in [-0.39, 0.29) is 30.6 Å². The van der Waals surface area contributed by atoms with Gasteiger partial charge < -0.3 is 14.4 Å². The zero-order valence-corrected chi connectivity index (χ0v) is 18.5. The van der Waals surface area contributed by atoms with Crippen LogP contribution < -0.4 is 0 Å². The van der Waals surface area contributed by atoms with Crippen molar-refractivity contribution in [3.8, 4) is 0 Å². The van der Waals surface area contributed by atoms with Gasteiger partial charge in [0.2, 0.25) is 0 Å². The minimum atomic E-state index is -0.530. The highest BCUT2D eigenvalue weighted by Gasteiger charge is 2.39. The number of ether oxygens (including phenoxy) is 2. The van der Waals surface area contributed by atoms with Gasteiger partial charge in [0, 0.05) is 35.2 Å². The molecular formula is C20H28Cl2N2O4. The molecule has 1 amide bonds. The summed E-state index contributed by atoms with van der Waals surface area (Å²) in [6.07, 6.45) is -0.158. The molecular weight excluding hydrogens is 403 g/mol. The maximum atomic E-state index is 12.2. The molecule has 1 aromatic rings. The number of carbonyl (C=O) groups excluding carboxylic acids is 2. The molecule has 6 nitrogen and oxygen atoms in total. The van der Waals surface area contributed by atoms with E-state index in [2.05, 4.69) is 4.90 Å². The van der Waals surface area contributed by atoms with E-state index in [4.69, 9.17) is 32.7 Å². The second kappa shape index (κ2) is 9.33. The van der Waals surface area contributed by atoms with Crippen LogP contribution >= 0.6 is 23.2 Å². The predicted molar refractivity (Wildman–Crippen MR) is 110 cm³/mol. The molecule has 1 aliphatic heterocycles. The van der Waals surface area contributed by atoms with Gasteiger partial charge in [-0.3, -0.25) is 9.69 Å². The van der Waals surface area contributed by atoms with E-state index in [0.29, 0.717) is 29.7 Å². The maximum Gasteiger partial charge on any atom is 0.410 e. The van der Waals surface area contributed by atoms with E-state index in [0.717, 1.165) is 5.56 Å². The first kappa shape index (κ1) is 22.8. The molecule has 0 aliphatic carbocycles. The molecule has 1 heterocycles. The topological polar surface area (TPSA) is 59.1 Å². The minimum Gasteiger partial charge on any atom is -0.466 e. The summed E-state index contributed by atoms with van der Waals surface area (Å²) in [5.41, 5.74) is 0.307. The summed E-state index contributed by atoms with van der Waals surface area (Å²) < 4.78 is 10.5. The molecule has 8 heteroatoms. The van der Waals surface area contributed by atoms with E-state index >= 15 is 0 Å². The van der Waals surface area contributed by atoms with Gasteiger partial charge in [-0.1, -0.05) is 23.2 Å². The first-order valence-electron chi connectivity index (χ1n) is 9.31. The number of nitrogens with zero attached hydrogens (tertiary/aromatic N) is 2. The van der Waals surface area contributed by atoms with Crippen LogP contribution in [0.2, 0.25) is 10.0 Å². The van der Waals surface area contributed by atoms with E-state index < -0.39 is 5.60 Å². The van der Waals surface area contributed by atoms with Crippen LogP contribution in [0.15, 0.2) is 18.2 Å². The zero-order chi connectivity index (χ0) is 21.1. The number of amides is 1. The third kappa shape index (κ3) is 6.26. The fourth-order valence-electron chi connectivity index (χ4n) is 3.09. The van der Waals surface area contributed by atoms with E-state index in [1.54, 1.807) is 30.0 Å². The molecule has 1 saturated heterocycles. The van der Waals surface area contributed by atoms with Gasteiger partial charge in [0.25, 0.3) is 0 Å². The quantitative estimate of drug-likeness (QED) is 0.619. The van der Waals surface area contributed by atoms with Crippen molar-refractivity contribution in [3.63, 3.8) is 0 Å². The summed E-state index contributed by atoms with van der Waals surface area (Å²) >= 11 is 12.3. The molecule has 0 N–H and O–H groups in total. The fraction of sp³-hybridized carbons (Fsp3) is 0.600. The van der Waals surface area contributed by atoms with E-state index in [9.17, 15) is 9.59 Å². The molecule has 0 unspecified atom stereocenters. The third-order valence-electron chi connectivity index (χ3n) is 4.52. The Morgan fingerprint density at radius 1 is 1.21 bits per heavy atom. The first-order valence-corrected chi connectivity index (χ1v) is 10.1. The summed E-state index contributed by atoms with van der Waals surface area (Å²) in [4.78, 5) is 28.1. The lowest BCUT2D eigenvalue weighted by Gasteiger charge is -2.46. The van der Waals surface area contributed by atoms with Crippen LogP contribution in [0, 0.1) is 0 Å². The van der Waals surface area contributed by atoms with Crippen molar-refractivity contribution in [1.82, 2.24) is 9.80 Å². The summed E-state index contributed by atoms with van der Waals surface area (Å²) in [5.74, 6) is -0.293. The second-order valence-corrected chi connectivity index (χ2v) is 8.81. The lowest BCUT2D eigenvalue weighted by Crippen LogP contribution is -2.61. The van der Waals surface area contributed by atoms with Gasteiger partial charge in [0.05, 0.1) is 13.0 Å². The van der Waals surface area contributed by atoms with Crippen molar-refractivity contribution in [2.24, 2.45) is 0 Å². The van der Waals surface area contributed by atoms with Crippen LogP contribution in [0.5, 0.6) is 0 Å². The fourth-order valence-corrected chi connectivity index (χ4v) is 3.63. The number of likely N-dealkylation sites (N-methyl/N-ethyl adjacent to an activating group) is 1. The Bertz CT molecular complexity index is 694. The number of hydrogen-bond donors (Lipinski definition) is 0. The molecule has 2 rings (SSSR count). The molecule has 0 radical (unpaired) electrons. The van der Waals surface area contributed by atoms with Gasteiger partial charge >= 0.3 is 12.1 Å². The Labute approximate surface area is 176 Å². The number of halogens is 2. The van der Waals surface area contributed by atoms with Gasteiger partial charge in [-0.25, -0.2) is 4.79 Å². The average molecular weight is 431 g/mol. The summed E-state index contributed by atoms with van der Waals surface area (Å²) in [6, 6.07) is 5.09. The molecule has 0 aromatic heterocycles. The highest BCUT2D eigenvalue weighted by molar-refractivity contribution is 6.34. The monoisotopic (exact) mass is 430 g/mol. The maximum absolute atomic E-state index is 12.2. The first-order chi connectivity index (χ1) is 13.0. The van der Waals surface area contributed by atoms with Gasteiger partial charge in [0.15, 0.2) is 0 Å². The lowest BCUT2D eigenvalue weighted by molar-refractivity contribution is -0.145. The molecule has 0 spiro atoms. The number of esters is 1. The Morgan fingerprint density at radius 2 is 1.79 bits per heavy atom. The number of benzene rings is 1. The Kier molecular flexibility index (Phi) is 7.59. The zero-order valence-electron chi connectivity index (χ0n) is 17.0. The lowest BCUT2D eigenvalue weighted by atomic mass is 9.98. The number of rotatable bonds is 6. The van der Waals surface area contributed by atoms with Crippen LogP contribution in [0.1, 0.15) is 45.7 Å². The smallest absolute Gasteiger partial charge is 0.410 e. The standard InChI is InChI=1S/C20H28Cl2N2O4/c1-6-27-18(25)10-17(13-7-14(21)9-15(22)8-13)23(5)16-11-24(12-16)19(26)28-20(2,3)4/h7-9,16-17H,6,10-12H2,1-5H3/t17-/m0/s1. The molecule has 0 saturated carbocycles. The number of hydrogen-bond acceptors (Lipinski definition) is 5. The SMILES string of the molecule is CCOC(=O)C[C@@H](c1cc(Cl)cc(Cl)c1)N(C)C1CN(C(=O)OC(C)(C)C)C1. The van der Waals surface area contributed by atoms with Crippen molar-refractivity contribution >= 4 is 35.3 Å². The highest BCUT2D eigenvalue weighted by Crippen LogP contribution is 2.32. The summed E-state index contributed by atoms with van der Waals surface area (Å²) in [5, 5.41) is 1.02. The Balaban J connectivity index is 2.11. The van der Waals surface area contributed by atoms with Gasteiger partial charge in [-0.15, -0.1) is 0 Å². The summed E-state index contributed by atoms with van der Waals surface area (Å²) in [6.45, 7) is 8.67. The largest absolute Gasteiger partial charge is 0.466 e.